The van der Waals surface area contributed by atoms with Crippen LogP contribution in [0.3, 0.4) is 0 Å². The van der Waals surface area contributed by atoms with Gasteiger partial charge >= 0.3 is 12.1 Å². The van der Waals surface area contributed by atoms with E-state index in [1.165, 1.54) is 11.0 Å². The van der Waals surface area contributed by atoms with E-state index in [4.69, 9.17) is 18.9 Å². The second-order valence-corrected chi connectivity index (χ2v) is 11.6. The molecule has 0 aliphatic carbocycles. The van der Waals surface area contributed by atoms with Crippen molar-refractivity contribution in [3.05, 3.63) is 65.0 Å². The molecule has 2 fully saturated rings. The lowest BCUT2D eigenvalue weighted by atomic mass is 9.70. The lowest BCUT2D eigenvalue weighted by Gasteiger charge is -2.43. The van der Waals surface area contributed by atoms with Gasteiger partial charge in [-0.3, -0.25) is 9.59 Å². The van der Waals surface area contributed by atoms with Gasteiger partial charge in [-0.1, -0.05) is 24.3 Å². The van der Waals surface area contributed by atoms with E-state index >= 15 is 0 Å². The quantitative estimate of drug-likeness (QED) is 0.296. The lowest BCUT2D eigenvalue weighted by Crippen LogP contribution is -2.53. The molecular weight excluding hydrogens is 529 g/mol. The Kier molecular flexibility index (Phi) is 9.68. The van der Waals surface area contributed by atoms with Gasteiger partial charge in [0, 0.05) is 36.9 Å². The molecule has 222 valence electrons. The largest absolute Gasteiger partial charge is 0.466 e. The van der Waals surface area contributed by atoms with E-state index in [-0.39, 0.29) is 31.8 Å². The molecule has 8 nitrogen and oxygen atoms in total. The summed E-state index contributed by atoms with van der Waals surface area (Å²) in [6.45, 7) is 9.28. The Balaban J connectivity index is 1.75. The Morgan fingerprint density at radius 3 is 2.46 bits per heavy atom. The number of ether oxygens (including phenoxy) is 4. The number of piperidine rings is 1. The Morgan fingerprint density at radius 2 is 1.78 bits per heavy atom. The molecule has 2 aliphatic heterocycles. The third-order valence-electron chi connectivity index (χ3n) is 7.47. The Labute approximate surface area is 241 Å². The maximum Gasteiger partial charge on any atom is 0.410 e. The number of rotatable bonds is 7. The van der Waals surface area contributed by atoms with Crippen LogP contribution >= 0.6 is 0 Å². The first kappa shape index (κ1) is 30.5. The first-order valence-electron chi connectivity index (χ1n) is 14.3. The molecule has 4 unspecified atom stereocenters. The van der Waals surface area contributed by atoms with Gasteiger partial charge in [-0.25, -0.2) is 9.18 Å². The highest BCUT2D eigenvalue weighted by atomic mass is 19.1. The first-order valence-corrected chi connectivity index (χ1v) is 14.3. The summed E-state index contributed by atoms with van der Waals surface area (Å²) in [4.78, 5) is 42.3. The van der Waals surface area contributed by atoms with Gasteiger partial charge in [0.15, 0.2) is 12.1 Å². The van der Waals surface area contributed by atoms with Crippen LogP contribution in [0.1, 0.15) is 74.4 Å². The summed E-state index contributed by atoms with van der Waals surface area (Å²) in [7, 11) is 0. The summed E-state index contributed by atoms with van der Waals surface area (Å²) in [5, 5.41) is 0. The molecule has 4 rings (SSSR count). The molecule has 1 amide bonds. The number of carbonyl (C=O) groups is 3. The van der Waals surface area contributed by atoms with Gasteiger partial charge in [-0.15, -0.1) is 0 Å². The van der Waals surface area contributed by atoms with E-state index in [0.717, 1.165) is 19.3 Å². The van der Waals surface area contributed by atoms with Crippen molar-refractivity contribution in [2.24, 2.45) is 11.8 Å². The summed E-state index contributed by atoms with van der Waals surface area (Å²) in [5.74, 6) is -3.33. The highest BCUT2D eigenvalue weighted by Gasteiger charge is 2.48. The van der Waals surface area contributed by atoms with Crippen LogP contribution < -0.4 is 4.74 Å². The van der Waals surface area contributed by atoms with Crippen LogP contribution in [0.2, 0.25) is 0 Å². The van der Waals surface area contributed by atoms with Crippen molar-refractivity contribution in [2.45, 2.75) is 71.7 Å². The molecule has 9 heteroatoms. The number of hydrogen-bond donors (Lipinski definition) is 0. The molecule has 0 bridgehead atoms. The van der Waals surface area contributed by atoms with E-state index in [0.29, 0.717) is 29.0 Å². The highest BCUT2D eigenvalue weighted by Crippen LogP contribution is 2.42. The summed E-state index contributed by atoms with van der Waals surface area (Å²) < 4.78 is 37.5. The van der Waals surface area contributed by atoms with Gasteiger partial charge in [0.25, 0.3) is 0 Å². The maximum absolute atomic E-state index is 14.8. The third-order valence-corrected chi connectivity index (χ3v) is 7.47. The second-order valence-electron chi connectivity index (χ2n) is 11.6. The van der Waals surface area contributed by atoms with Crippen LogP contribution in [-0.2, 0) is 19.0 Å². The normalized spacial score (nSPS) is 23.0. The molecule has 2 aromatic carbocycles. The summed E-state index contributed by atoms with van der Waals surface area (Å²) in [6.07, 6.45) is 1.72. The number of likely N-dealkylation sites (tertiary alicyclic amines) is 1. The highest BCUT2D eigenvalue weighted by molar-refractivity contribution is 6.00. The number of ketones is 1. The SMILES string of the molecule is CCOC(=O)C1CN(C(=O)OC(C)(C)C)CC(C(=O)c2cccc(OC3CCCCO3)c2)C1c1cccc(F)c1C. The molecule has 0 spiro atoms. The minimum absolute atomic E-state index is 0.0128. The van der Waals surface area contributed by atoms with Gasteiger partial charge in [-0.05, 0) is 76.8 Å². The summed E-state index contributed by atoms with van der Waals surface area (Å²) in [6, 6.07) is 11.5. The van der Waals surface area contributed by atoms with Crippen molar-refractivity contribution in [1.82, 2.24) is 4.90 Å². The number of nitrogens with zero attached hydrogens (tertiary/aromatic N) is 1. The maximum atomic E-state index is 14.8. The fraction of sp³-hybridized carbons (Fsp3) is 0.531. The van der Waals surface area contributed by atoms with Crippen molar-refractivity contribution in [1.29, 1.82) is 0 Å². The average molecular weight is 570 g/mol. The van der Waals surface area contributed by atoms with Crippen molar-refractivity contribution in [3.63, 3.8) is 0 Å². The molecule has 0 radical (unpaired) electrons. The van der Waals surface area contributed by atoms with Crippen LogP contribution in [0.15, 0.2) is 42.5 Å². The predicted octanol–water partition coefficient (Wildman–Crippen LogP) is 6.05. The smallest absolute Gasteiger partial charge is 0.410 e. The fourth-order valence-electron chi connectivity index (χ4n) is 5.56. The van der Waals surface area contributed by atoms with Gasteiger partial charge in [0.05, 0.1) is 19.1 Å². The average Bonchev–Trinajstić information content (AvgIpc) is 2.93. The van der Waals surface area contributed by atoms with Crippen LogP contribution in [0.4, 0.5) is 9.18 Å². The Bertz CT molecular complexity index is 1250. The number of benzene rings is 2. The number of halogens is 1. The van der Waals surface area contributed by atoms with Crippen LogP contribution in [-0.4, -0.2) is 60.9 Å². The summed E-state index contributed by atoms with van der Waals surface area (Å²) >= 11 is 0. The van der Waals surface area contributed by atoms with Crippen molar-refractivity contribution >= 4 is 17.8 Å². The van der Waals surface area contributed by atoms with Crippen molar-refractivity contribution in [2.75, 3.05) is 26.3 Å². The fourth-order valence-corrected chi connectivity index (χ4v) is 5.56. The lowest BCUT2D eigenvalue weighted by molar-refractivity contribution is -0.151. The molecule has 0 saturated carbocycles. The summed E-state index contributed by atoms with van der Waals surface area (Å²) in [5.41, 5.74) is 0.463. The molecule has 0 N–H and O–H groups in total. The van der Waals surface area contributed by atoms with Gasteiger partial charge < -0.3 is 23.8 Å². The van der Waals surface area contributed by atoms with Crippen molar-refractivity contribution in [3.8, 4) is 5.75 Å². The first-order chi connectivity index (χ1) is 19.5. The second kappa shape index (κ2) is 13.0. The van der Waals surface area contributed by atoms with E-state index in [1.807, 2.05) is 0 Å². The number of esters is 1. The van der Waals surface area contributed by atoms with Crippen LogP contribution in [0.5, 0.6) is 5.75 Å². The topological polar surface area (TPSA) is 91.4 Å². The van der Waals surface area contributed by atoms with Crippen LogP contribution in [0, 0.1) is 24.6 Å². The van der Waals surface area contributed by atoms with Crippen molar-refractivity contribution < 1.29 is 37.7 Å². The van der Waals surface area contributed by atoms with E-state index < -0.39 is 41.2 Å². The third kappa shape index (κ3) is 7.44. The zero-order chi connectivity index (χ0) is 29.7. The minimum atomic E-state index is -0.916. The Hall–Kier alpha value is -3.46. The minimum Gasteiger partial charge on any atom is -0.466 e. The Morgan fingerprint density at radius 1 is 1.05 bits per heavy atom. The van der Waals surface area contributed by atoms with Gasteiger partial charge in [0.1, 0.15) is 17.2 Å². The molecule has 4 atom stereocenters. The standard InChI is InChI=1S/C32H40FNO7/c1-6-38-30(36)25-19-34(31(37)41-32(3,4)5)18-24(28(25)23-13-10-14-26(33)20(23)2)29(35)21-11-9-12-22(17-21)40-27-15-7-8-16-39-27/h9-14,17,24-25,27-28H,6-8,15-16,18-19H2,1-5H3. The predicted molar refractivity (Wildman–Crippen MR) is 150 cm³/mol. The molecule has 2 heterocycles. The number of amides is 1. The molecule has 2 aliphatic rings. The molecule has 0 aromatic heterocycles. The van der Waals surface area contributed by atoms with E-state index in [9.17, 15) is 18.8 Å². The van der Waals surface area contributed by atoms with E-state index in [2.05, 4.69) is 0 Å². The molecule has 2 saturated heterocycles. The molecule has 2 aromatic rings. The number of carbonyl (C=O) groups excluding carboxylic acids is 3. The number of Topliss-reactive ketones (excluding diaryl/α,β-unsaturated/α-hetero) is 1. The zero-order valence-corrected chi connectivity index (χ0v) is 24.5. The zero-order valence-electron chi connectivity index (χ0n) is 24.5. The van der Waals surface area contributed by atoms with Gasteiger partial charge in [-0.2, -0.15) is 0 Å². The van der Waals surface area contributed by atoms with Gasteiger partial charge in [0.2, 0.25) is 0 Å². The van der Waals surface area contributed by atoms with Crippen LogP contribution in [0.25, 0.3) is 0 Å². The monoisotopic (exact) mass is 569 g/mol. The molecule has 41 heavy (non-hydrogen) atoms. The molecular formula is C32H40FNO7. The number of hydrogen-bond acceptors (Lipinski definition) is 7. The van der Waals surface area contributed by atoms with E-state index in [1.54, 1.807) is 71.0 Å².